The average molecular weight is 245 g/mol. The van der Waals surface area contributed by atoms with Crippen LogP contribution < -0.4 is 5.32 Å². The quantitative estimate of drug-likeness (QED) is 0.748. The number of nitrogens with zero attached hydrogens (tertiary/aromatic N) is 1. The van der Waals surface area contributed by atoms with Crippen molar-refractivity contribution >= 4 is 11.6 Å². The highest BCUT2D eigenvalue weighted by Gasteiger charge is 2.04. The Morgan fingerprint density at radius 3 is 2.75 bits per heavy atom. The summed E-state index contributed by atoms with van der Waals surface area (Å²) in [6, 6.07) is 3.70. The van der Waals surface area contributed by atoms with Crippen LogP contribution in [0.15, 0.2) is 16.5 Å². The van der Waals surface area contributed by atoms with Crippen molar-refractivity contribution in [1.82, 2.24) is 10.2 Å². The van der Waals surface area contributed by atoms with Gasteiger partial charge in [0.2, 0.25) is 0 Å². The lowest BCUT2D eigenvalue weighted by atomic mass is 10.2. The number of rotatable bonds is 7. The number of hydrogen-bond acceptors (Lipinski definition) is 3. The zero-order chi connectivity index (χ0) is 12.0. The molecule has 4 heteroatoms. The van der Waals surface area contributed by atoms with Gasteiger partial charge < -0.3 is 9.73 Å². The predicted molar refractivity (Wildman–Crippen MR) is 67.8 cm³/mol. The smallest absolute Gasteiger partial charge is 0.193 e. The fourth-order valence-electron chi connectivity index (χ4n) is 1.44. The van der Waals surface area contributed by atoms with E-state index in [1.54, 1.807) is 6.07 Å². The van der Waals surface area contributed by atoms with Gasteiger partial charge in [-0.05, 0) is 43.2 Å². The van der Waals surface area contributed by atoms with Crippen molar-refractivity contribution in [1.29, 1.82) is 0 Å². The highest BCUT2D eigenvalue weighted by molar-refractivity contribution is 6.28. The SMILES string of the molecule is CC(C)CNCCN(C)Cc1ccc(Cl)o1. The van der Waals surface area contributed by atoms with E-state index in [-0.39, 0.29) is 0 Å². The first-order valence-electron chi connectivity index (χ1n) is 5.71. The summed E-state index contributed by atoms with van der Waals surface area (Å²) in [4.78, 5) is 2.21. The minimum absolute atomic E-state index is 0.460. The molecule has 0 atom stereocenters. The van der Waals surface area contributed by atoms with Crippen LogP contribution in [0.2, 0.25) is 5.22 Å². The van der Waals surface area contributed by atoms with E-state index in [1.807, 2.05) is 6.07 Å². The summed E-state index contributed by atoms with van der Waals surface area (Å²) in [6.45, 7) is 8.30. The highest BCUT2D eigenvalue weighted by Crippen LogP contribution is 2.14. The topological polar surface area (TPSA) is 28.4 Å². The molecule has 0 saturated heterocycles. The molecule has 1 aromatic heterocycles. The molecule has 1 aromatic rings. The van der Waals surface area contributed by atoms with Crippen LogP contribution in [0.1, 0.15) is 19.6 Å². The summed E-state index contributed by atoms with van der Waals surface area (Å²) in [7, 11) is 2.08. The molecule has 0 amide bonds. The summed E-state index contributed by atoms with van der Waals surface area (Å²) >= 11 is 5.71. The Kier molecular flexibility index (Phi) is 5.88. The summed E-state index contributed by atoms with van der Waals surface area (Å²) in [6.07, 6.45) is 0. The van der Waals surface area contributed by atoms with E-state index in [9.17, 15) is 0 Å². The second-order valence-corrected chi connectivity index (χ2v) is 4.91. The molecule has 0 aromatic carbocycles. The maximum atomic E-state index is 5.71. The number of hydrogen-bond donors (Lipinski definition) is 1. The van der Waals surface area contributed by atoms with E-state index in [2.05, 4.69) is 31.1 Å². The Morgan fingerprint density at radius 1 is 1.44 bits per heavy atom. The fourth-order valence-corrected chi connectivity index (χ4v) is 1.60. The summed E-state index contributed by atoms with van der Waals surface area (Å²) in [5, 5.41) is 3.87. The molecular formula is C12H21ClN2O. The highest BCUT2D eigenvalue weighted by atomic mass is 35.5. The second kappa shape index (κ2) is 6.94. The Labute approximate surface area is 103 Å². The van der Waals surface area contributed by atoms with Crippen molar-refractivity contribution < 1.29 is 4.42 Å². The lowest BCUT2D eigenvalue weighted by molar-refractivity contribution is 0.292. The Balaban J connectivity index is 2.13. The summed E-state index contributed by atoms with van der Waals surface area (Å²) in [5.74, 6) is 1.62. The van der Waals surface area contributed by atoms with Crippen LogP contribution in [-0.4, -0.2) is 31.6 Å². The van der Waals surface area contributed by atoms with Crippen molar-refractivity contribution in [3.63, 3.8) is 0 Å². The molecule has 0 radical (unpaired) electrons. The van der Waals surface area contributed by atoms with Crippen molar-refractivity contribution in [3.05, 3.63) is 23.1 Å². The molecule has 0 aliphatic heterocycles. The molecule has 1 heterocycles. The molecule has 0 saturated carbocycles. The Morgan fingerprint density at radius 2 is 2.19 bits per heavy atom. The van der Waals surface area contributed by atoms with Gasteiger partial charge in [-0.2, -0.15) is 0 Å². The molecule has 0 aliphatic rings. The normalized spacial score (nSPS) is 11.6. The number of nitrogens with one attached hydrogen (secondary N) is 1. The molecule has 0 aliphatic carbocycles. The maximum Gasteiger partial charge on any atom is 0.193 e. The van der Waals surface area contributed by atoms with Gasteiger partial charge in [-0.15, -0.1) is 0 Å². The molecule has 1 rings (SSSR count). The van der Waals surface area contributed by atoms with E-state index in [4.69, 9.17) is 16.0 Å². The molecule has 0 fully saturated rings. The first kappa shape index (κ1) is 13.6. The van der Waals surface area contributed by atoms with Crippen LogP contribution in [0.3, 0.4) is 0 Å². The van der Waals surface area contributed by atoms with Gasteiger partial charge in [0.15, 0.2) is 5.22 Å². The number of halogens is 1. The fraction of sp³-hybridized carbons (Fsp3) is 0.667. The van der Waals surface area contributed by atoms with E-state index in [0.717, 1.165) is 31.9 Å². The van der Waals surface area contributed by atoms with Crippen molar-refractivity contribution in [2.45, 2.75) is 20.4 Å². The average Bonchev–Trinajstić information content (AvgIpc) is 2.58. The van der Waals surface area contributed by atoms with Gasteiger partial charge in [-0.3, -0.25) is 4.90 Å². The Hall–Kier alpha value is -0.510. The van der Waals surface area contributed by atoms with Gasteiger partial charge in [0.25, 0.3) is 0 Å². The third kappa shape index (κ3) is 5.54. The van der Waals surface area contributed by atoms with Crippen molar-refractivity contribution in [2.24, 2.45) is 5.92 Å². The zero-order valence-electron chi connectivity index (χ0n) is 10.3. The molecule has 1 N–H and O–H groups in total. The molecule has 0 unspecified atom stereocenters. The standard InChI is InChI=1S/C12H21ClN2O/c1-10(2)8-14-6-7-15(3)9-11-4-5-12(13)16-11/h4-5,10,14H,6-9H2,1-3H3. The van der Waals surface area contributed by atoms with Crippen molar-refractivity contribution in [3.8, 4) is 0 Å². The first-order chi connectivity index (χ1) is 7.58. The van der Waals surface area contributed by atoms with Crippen LogP contribution in [0.5, 0.6) is 0 Å². The number of furan rings is 1. The predicted octanol–water partition coefficient (Wildman–Crippen LogP) is 2.61. The maximum absolute atomic E-state index is 5.71. The van der Waals surface area contributed by atoms with Crippen LogP contribution in [0, 0.1) is 5.92 Å². The molecule has 92 valence electrons. The Bertz CT molecular complexity index is 299. The van der Waals surface area contributed by atoms with Crippen molar-refractivity contribution in [2.75, 3.05) is 26.7 Å². The lowest BCUT2D eigenvalue weighted by Crippen LogP contribution is -2.30. The largest absolute Gasteiger partial charge is 0.448 e. The van der Waals surface area contributed by atoms with Crippen LogP contribution in [0.4, 0.5) is 0 Å². The minimum Gasteiger partial charge on any atom is -0.448 e. The van der Waals surface area contributed by atoms with Gasteiger partial charge in [0, 0.05) is 13.1 Å². The summed E-state index contributed by atoms with van der Waals surface area (Å²) < 4.78 is 5.30. The molecular weight excluding hydrogens is 224 g/mol. The first-order valence-corrected chi connectivity index (χ1v) is 6.09. The third-order valence-electron chi connectivity index (χ3n) is 2.28. The molecule has 0 bridgehead atoms. The molecule has 0 spiro atoms. The van der Waals surface area contributed by atoms with Crippen LogP contribution in [0.25, 0.3) is 0 Å². The van der Waals surface area contributed by atoms with Gasteiger partial charge in [0.05, 0.1) is 6.54 Å². The van der Waals surface area contributed by atoms with E-state index >= 15 is 0 Å². The zero-order valence-corrected chi connectivity index (χ0v) is 11.0. The van der Waals surface area contributed by atoms with Gasteiger partial charge in [-0.25, -0.2) is 0 Å². The van der Waals surface area contributed by atoms with Gasteiger partial charge in [-0.1, -0.05) is 13.8 Å². The number of likely N-dealkylation sites (N-methyl/N-ethyl adjacent to an activating group) is 1. The lowest BCUT2D eigenvalue weighted by Gasteiger charge is -2.16. The van der Waals surface area contributed by atoms with Gasteiger partial charge in [0.1, 0.15) is 5.76 Å². The second-order valence-electron chi connectivity index (χ2n) is 4.54. The van der Waals surface area contributed by atoms with Crippen LogP contribution >= 0.6 is 11.6 Å². The van der Waals surface area contributed by atoms with E-state index < -0.39 is 0 Å². The van der Waals surface area contributed by atoms with Gasteiger partial charge >= 0.3 is 0 Å². The van der Waals surface area contributed by atoms with E-state index in [0.29, 0.717) is 11.1 Å². The molecule has 3 nitrogen and oxygen atoms in total. The third-order valence-corrected chi connectivity index (χ3v) is 2.48. The van der Waals surface area contributed by atoms with Crippen LogP contribution in [-0.2, 0) is 6.54 Å². The minimum atomic E-state index is 0.460. The summed E-state index contributed by atoms with van der Waals surface area (Å²) in [5.41, 5.74) is 0. The van der Waals surface area contributed by atoms with E-state index in [1.165, 1.54) is 0 Å². The molecule has 16 heavy (non-hydrogen) atoms. The monoisotopic (exact) mass is 244 g/mol.